The maximum Gasteiger partial charge on any atom is 0.332 e. The van der Waals surface area contributed by atoms with Crippen molar-refractivity contribution in [3.63, 3.8) is 0 Å². The molecule has 0 spiro atoms. The third kappa shape index (κ3) is 9.07. The monoisotopic (exact) mass is 710 g/mol. The molecule has 0 aromatic heterocycles. The first kappa shape index (κ1) is 36.1. The van der Waals surface area contributed by atoms with Crippen LogP contribution < -0.4 is 9.47 Å². The lowest BCUT2D eigenvalue weighted by Crippen LogP contribution is -2.13. The third-order valence-electron chi connectivity index (χ3n) is 7.28. The zero-order valence-electron chi connectivity index (χ0n) is 28.2. The van der Waals surface area contributed by atoms with Crippen LogP contribution in [-0.2, 0) is 19.3 Å². The van der Waals surface area contributed by atoms with Gasteiger partial charge in [0.05, 0.1) is 11.1 Å². The Labute approximate surface area is 298 Å². The summed E-state index contributed by atoms with van der Waals surface area (Å²) in [6.07, 6.45) is 0. The van der Waals surface area contributed by atoms with E-state index in [1.807, 2.05) is 12.1 Å². The number of carbonyl (C=O) groups excluding carboxylic acids is 4. The summed E-state index contributed by atoms with van der Waals surface area (Å²) < 4.78 is 10.8. The Morgan fingerprint density at radius 2 is 0.900 bits per heavy atom. The lowest BCUT2D eigenvalue weighted by Gasteiger charge is -2.07. The van der Waals surface area contributed by atoms with Gasteiger partial charge in [-0.15, -0.1) is 0 Å². The fourth-order valence-corrected chi connectivity index (χ4v) is 6.35. The molecular formula is C38H34N2O8S2. The smallest absolute Gasteiger partial charge is 0.332 e. The first-order chi connectivity index (χ1) is 23.9. The van der Waals surface area contributed by atoms with Crippen molar-refractivity contribution in [2.75, 3.05) is 0 Å². The van der Waals surface area contributed by atoms with Crippen LogP contribution in [0.15, 0.2) is 115 Å². The molecule has 0 unspecified atom stereocenters. The minimum atomic E-state index is -0.610. The van der Waals surface area contributed by atoms with Gasteiger partial charge in [-0.3, -0.25) is 9.59 Å². The summed E-state index contributed by atoms with van der Waals surface area (Å²) in [7, 11) is 0. The van der Waals surface area contributed by atoms with Crippen LogP contribution in [0.5, 0.6) is 11.5 Å². The van der Waals surface area contributed by atoms with E-state index in [4.69, 9.17) is 9.47 Å². The molecule has 0 radical (unpaired) electrons. The molecular weight excluding hydrogens is 677 g/mol. The molecule has 0 aliphatic carbocycles. The molecule has 2 heterocycles. The van der Waals surface area contributed by atoms with Crippen molar-refractivity contribution >= 4 is 58.8 Å². The minimum absolute atomic E-state index is 0.228. The van der Waals surface area contributed by atoms with Gasteiger partial charge in [0.15, 0.2) is 0 Å². The predicted molar refractivity (Wildman–Crippen MR) is 191 cm³/mol. The van der Waals surface area contributed by atoms with E-state index in [-0.39, 0.29) is 11.8 Å². The van der Waals surface area contributed by atoms with Crippen molar-refractivity contribution in [1.82, 2.24) is 0 Å². The van der Waals surface area contributed by atoms with Crippen LogP contribution in [0, 0.1) is 0 Å². The normalized spacial score (nSPS) is 14.6. The lowest BCUT2D eigenvalue weighted by molar-refractivity contribution is -0.142. The maximum absolute atomic E-state index is 12.1. The first-order valence-electron chi connectivity index (χ1n) is 15.7. The number of hydrogen-bond donors (Lipinski definition) is 0. The Balaban J connectivity index is 0.000000194. The molecule has 2 aliphatic rings. The Morgan fingerprint density at radius 3 is 1.22 bits per heavy atom. The SMILES string of the molecule is CC(=O)ON=C1Oc2cc(Sc3ccc(C(C)C)cc3)ccc2C1=O.CC(=O)ON=C1Oc2cc(Sc3ccc(C(C)C)cc3)ccc2C1=O. The molecule has 0 saturated heterocycles. The average Bonchev–Trinajstić information content (AvgIpc) is 3.57. The van der Waals surface area contributed by atoms with E-state index < -0.39 is 23.5 Å². The lowest BCUT2D eigenvalue weighted by atomic mass is 10.0. The molecule has 4 aromatic carbocycles. The summed E-state index contributed by atoms with van der Waals surface area (Å²) in [5.74, 6) is -0.645. The highest BCUT2D eigenvalue weighted by Gasteiger charge is 2.31. The van der Waals surface area contributed by atoms with Gasteiger partial charge in [-0.1, -0.05) is 75.5 Å². The standard InChI is InChI=1S/2C19H17NO4S/c2*1-11(2)13-4-6-14(7-5-13)25-15-8-9-16-17(10-15)23-19(18(16)22)20-24-12(3)21/h2*4-11H,1-3H3. The van der Waals surface area contributed by atoms with Crippen LogP contribution in [0.4, 0.5) is 0 Å². The molecule has 12 heteroatoms. The summed E-state index contributed by atoms with van der Waals surface area (Å²) in [6.45, 7) is 11.0. The average molecular weight is 711 g/mol. The van der Waals surface area contributed by atoms with Gasteiger partial charge >= 0.3 is 23.7 Å². The Morgan fingerprint density at radius 1 is 0.560 bits per heavy atom. The van der Waals surface area contributed by atoms with Crippen LogP contribution in [0.25, 0.3) is 0 Å². The molecule has 0 fully saturated rings. The quantitative estimate of drug-likeness (QED) is 0.129. The van der Waals surface area contributed by atoms with Crippen LogP contribution in [0.1, 0.15) is 85.2 Å². The molecule has 6 rings (SSSR count). The fourth-order valence-electron chi connectivity index (χ4n) is 4.65. The number of oxime groups is 2. The van der Waals surface area contributed by atoms with E-state index in [1.54, 1.807) is 47.8 Å². The van der Waals surface area contributed by atoms with Crippen LogP contribution in [-0.4, -0.2) is 35.3 Å². The number of Topliss-reactive ketones (excluding diaryl/α,β-unsaturated/α-hetero) is 2. The predicted octanol–water partition coefficient (Wildman–Crippen LogP) is 8.83. The molecule has 0 N–H and O–H groups in total. The van der Waals surface area contributed by atoms with Crippen LogP contribution in [0.2, 0.25) is 0 Å². The highest BCUT2D eigenvalue weighted by atomic mass is 32.2. The number of ketones is 2. The number of benzene rings is 4. The Hall–Kier alpha value is -5.20. The van der Waals surface area contributed by atoms with Gasteiger partial charge in [0.2, 0.25) is 0 Å². The topological polar surface area (TPSA) is 130 Å². The summed E-state index contributed by atoms with van der Waals surface area (Å²) in [6, 6.07) is 27.4. The summed E-state index contributed by atoms with van der Waals surface area (Å²) in [4.78, 5) is 58.9. The summed E-state index contributed by atoms with van der Waals surface area (Å²) >= 11 is 3.16. The van der Waals surface area contributed by atoms with Crippen LogP contribution >= 0.6 is 23.5 Å². The molecule has 50 heavy (non-hydrogen) atoms. The van der Waals surface area contributed by atoms with E-state index in [0.29, 0.717) is 34.5 Å². The van der Waals surface area contributed by atoms with Gasteiger partial charge in [-0.05, 0) is 93.9 Å². The van der Waals surface area contributed by atoms with Gasteiger partial charge in [-0.2, -0.15) is 0 Å². The van der Waals surface area contributed by atoms with Crippen molar-refractivity contribution in [3.8, 4) is 11.5 Å². The Bertz CT molecular complexity index is 1860. The second-order valence-electron chi connectivity index (χ2n) is 11.8. The number of rotatable bonds is 8. The maximum atomic E-state index is 12.1. The van der Waals surface area contributed by atoms with Gasteiger partial charge in [0.25, 0.3) is 11.6 Å². The van der Waals surface area contributed by atoms with E-state index >= 15 is 0 Å². The van der Waals surface area contributed by atoms with Crippen molar-refractivity contribution in [2.24, 2.45) is 10.3 Å². The Kier molecular flexibility index (Phi) is 11.6. The number of ether oxygens (including phenoxy) is 2. The van der Waals surface area contributed by atoms with E-state index in [1.165, 1.54) is 25.0 Å². The third-order valence-corrected chi connectivity index (χ3v) is 9.27. The van der Waals surface area contributed by atoms with Crippen molar-refractivity contribution in [1.29, 1.82) is 0 Å². The zero-order chi connectivity index (χ0) is 35.9. The van der Waals surface area contributed by atoms with E-state index in [2.05, 4.69) is 96.2 Å². The number of carbonyl (C=O) groups is 4. The number of fused-ring (bicyclic) bond motifs is 2. The number of hydrogen-bond acceptors (Lipinski definition) is 12. The minimum Gasteiger partial charge on any atom is -0.433 e. The second kappa shape index (κ2) is 16.0. The number of nitrogens with zero attached hydrogens (tertiary/aromatic N) is 2. The second-order valence-corrected chi connectivity index (χ2v) is 14.1. The highest BCUT2D eigenvalue weighted by Crippen LogP contribution is 2.37. The molecule has 256 valence electrons. The zero-order valence-corrected chi connectivity index (χ0v) is 29.8. The van der Waals surface area contributed by atoms with Crippen molar-refractivity contribution in [2.45, 2.75) is 73.0 Å². The van der Waals surface area contributed by atoms with Gasteiger partial charge < -0.3 is 19.1 Å². The van der Waals surface area contributed by atoms with Gasteiger partial charge in [0.1, 0.15) is 11.5 Å². The summed E-state index contributed by atoms with van der Waals surface area (Å²) in [5, 5.41) is 6.89. The molecule has 0 bridgehead atoms. The van der Waals surface area contributed by atoms with E-state index in [0.717, 1.165) is 19.6 Å². The molecule has 0 saturated carbocycles. The van der Waals surface area contributed by atoms with E-state index in [9.17, 15) is 19.2 Å². The van der Waals surface area contributed by atoms with Crippen molar-refractivity contribution < 1.29 is 38.3 Å². The largest absolute Gasteiger partial charge is 0.433 e. The van der Waals surface area contributed by atoms with Crippen molar-refractivity contribution in [3.05, 3.63) is 107 Å². The molecule has 4 aromatic rings. The van der Waals surface area contributed by atoms with Crippen LogP contribution in [0.3, 0.4) is 0 Å². The van der Waals surface area contributed by atoms with Gasteiger partial charge in [-0.25, -0.2) is 9.59 Å². The first-order valence-corrected chi connectivity index (χ1v) is 17.3. The fraction of sp³-hybridized carbons (Fsp3) is 0.211. The van der Waals surface area contributed by atoms with Gasteiger partial charge in [0, 0.05) is 33.4 Å². The summed E-state index contributed by atoms with van der Waals surface area (Å²) in [5.41, 5.74) is 3.40. The molecule has 0 atom stereocenters. The molecule has 10 nitrogen and oxygen atoms in total. The molecule has 0 amide bonds. The highest BCUT2D eigenvalue weighted by molar-refractivity contribution is 7.99. The molecule has 2 aliphatic heterocycles.